The maximum atomic E-state index is 12.3. The highest BCUT2D eigenvalue weighted by molar-refractivity contribution is 7.99. The second-order valence-corrected chi connectivity index (χ2v) is 6.70. The molecule has 0 saturated heterocycles. The number of carbonyl (C=O) groups is 1. The summed E-state index contributed by atoms with van der Waals surface area (Å²) in [5, 5.41) is 5.83. The maximum absolute atomic E-state index is 12.3. The Morgan fingerprint density at radius 2 is 1.77 bits per heavy atom. The van der Waals surface area contributed by atoms with Gasteiger partial charge in [-0.05, 0) is 35.7 Å². The quantitative estimate of drug-likeness (QED) is 0.495. The van der Waals surface area contributed by atoms with Crippen LogP contribution in [0.2, 0.25) is 0 Å². The number of amides is 1. The van der Waals surface area contributed by atoms with Gasteiger partial charge < -0.3 is 9.73 Å². The third kappa shape index (κ3) is 3.63. The monoisotopic (exact) mass is 360 g/mol. The smallest absolute Gasteiger partial charge is 0.234 e. The summed E-state index contributed by atoms with van der Waals surface area (Å²) in [6, 6.07) is 21.4. The number of thioether (sulfide) groups is 1. The molecule has 0 aliphatic heterocycles. The normalized spacial score (nSPS) is 10.8. The highest BCUT2D eigenvalue weighted by Gasteiger charge is 2.09. The summed E-state index contributed by atoms with van der Waals surface area (Å²) < 4.78 is 5.80. The lowest BCUT2D eigenvalue weighted by Crippen LogP contribution is -2.14. The molecule has 26 heavy (non-hydrogen) atoms. The van der Waals surface area contributed by atoms with Crippen LogP contribution in [-0.4, -0.2) is 16.6 Å². The van der Waals surface area contributed by atoms with E-state index in [0.717, 1.165) is 27.8 Å². The molecule has 1 N–H and O–H groups in total. The number of rotatable bonds is 5. The third-order valence-electron chi connectivity index (χ3n) is 3.96. The van der Waals surface area contributed by atoms with Crippen LogP contribution in [0, 0.1) is 0 Å². The standard InChI is InChI=1S/C21H16N2O2S/c24-20(23-18-7-3-5-15-4-1-2-6-17(15)18)14-26-21-9-8-19(25-21)16-10-12-22-13-11-16/h1-13H,14H2,(H,23,24). The number of aromatic nitrogens is 1. The SMILES string of the molecule is O=C(CSc1ccc(-c2ccncc2)o1)Nc1cccc2ccccc12. The summed E-state index contributed by atoms with van der Waals surface area (Å²) in [4.78, 5) is 16.3. The van der Waals surface area contributed by atoms with Gasteiger partial charge in [0.1, 0.15) is 5.76 Å². The van der Waals surface area contributed by atoms with E-state index in [1.54, 1.807) is 12.4 Å². The molecule has 4 aromatic rings. The van der Waals surface area contributed by atoms with Crippen molar-refractivity contribution < 1.29 is 9.21 Å². The third-order valence-corrected chi connectivity index (χ3v) is 4.87. The minimum atomic E-state index is -0.0618. The van der Waals surface area contributed by atoms with Gasteiger partial charge in [-0.15, -0.1) is 0 Å². The minimum Gasteiger partial charge on any atom is -0.450 e. The molecule has 2 heterocycles. The molecule has 0 bridgehead atoms. The summed E-state index contributed by atoms with van der Waals surface area (Å²) in [6.45, 7) is 0. The van der Waals surface area contributed by atoms with E-state index in [-0.39, 0.29) is 11.7 Å². The molecule has 0 aliphatic rings. The van der Waals surface area contributed by atoms with Crippen molar-refractivity contribution in [3.05, 3.63) is 79.1 Å². The molecule has 0 spiro atoms. The van der Waals surface area contributed by atoms with Gasteiger partial charge in [0.25, 0.3) is 0 Å². The molecular formula is C21H16N2O2S. The molecule has 128 valence electrons. The predicted octanol–water partition coefficient (Wildman–Crippen LogP) is 5.23. The van der Waals surface area contributed by atoms with Crippen molar-refractivity contribution in [3.8, 4) is 11.3 Å². The zero-order valence-corrected chi connectivity index (χ0v) is 14.7. The molecule has 1 amide bonds. The molecule has 0 unspecified atom stereocenters. The van der Waals surface area contributed by atoms with E-state index in [0.29, 0.717) is 5.09 Å². The van der Waals surface area contributed by atoms with Gasteiger partial charge in [-0.1, -0.05) is 48.2 Å². The average Bonchev–Trinajstić information content (AvgIpc) is 3.17. The van der Waals surface area contributed by atoms with Gasteiger partial charge >= 0.3 is 0 Å². The van der Waals surface area contributed by atoms with Crippen LogP contribution in [-0.2, 0) is 4.79 Å². The Hall–Kier alpha value is -3.05. The van der Waals surface area contributed by atoms with E-state index in [4.69, 9.17) is 4.42 Å². The van der Waals surface area contributed by atoms with Gasteiger partial charge in [-0.2, -0.15) is 0 Å². The average molecular weight is 360 g/mol. The first-order chi connectivity index (χ1) is 12.8. The molecule has 0 atom stereocenters. The summed E-state index contributed by atoms with van der Waals surface area (Å²) >= 11 is 1.37. The van der Waals surface area contributed by atoms with Crippen LogP contribution in [0.15, 0.2) is 88.6 Å². The number of nitrogens with one attached hydrogen (secondary N) is 1. The van der Waals surface area contributed by atoms with Crippen LogP contribution in [0.5, 0.6) is 0 Å². The Bertz CT molecular complexity index is 1040. The molecule has 0 saturated carbocycles. The van der Waals surface area contributed by atoms with Crippen LogP contribution in [0.25, 0.3) is 22.1 Å². The summed E-state index contributed by atoms with van der Waals surface area (Å²) in [7, 11) is 0. The predicted molar refractivity (Wildman–Crippen MR) is 105 cm³/mol. The number of anilines is 1. The molecular weight excluding hydrogens is 344 g/mol. The lowest BCUT2D eigenvalue weighted by molar-refractivity contribution is -0.113. The van der Waals surface area contributed by atoms with Gasteiger partial charge in [0, 0.05) is 29.0 Å². The largest absolute Gasteiger partial charge is 0.450 e. The number of carbonyl (C=O) groups excluding carboxylic acids is 1. The van der Waals surface area contributed by atoms with Crippen molar-refractivity contribution >= 4 is 34.1 Å². The van der Waals surface area contributed by atoms with Gasteiger partial charge in [0.2, 0.25) is 5.91 Å². The van der Waals surface area contributed by atoms with Crippen molar-refractivity contribution in [3.63, 3.8) is 0 Å². The van der Waals surface area contributed by atoms with Crippen LogP contribution >= 0.6 is 11.8 Å². The summed E-state index contributed by atoms with van der Waals surface area (Å²) in [5.74, 6) is 0.990. The van der Waals surface area contributed by atoms with E-state index < -0.39 is 0 Å². The summed E-state index contributed by atoms with van der Waals surface area (Å²) in [5.41, 5.74) is 1.79. The number of hydrogen-bond acceptors (Lipinski definition) is 4. The number of pyridine rings is 1. The topological polar surface area (TPSA) is 55.1 Å². The summed E-state index contributed by atoms with van der Waals surface area (Å²) in [6.07, 6.45) is 3.45. The van der Waals surface area contributed by atoms with Gasteiger partial charge in [-0.3, -0.25) is 9.78 Å². The molecule has 4 rings (SSSR count). The lowest BCUT2D eigenvalue weighted by Gasteiger charge is -2.08. The number of furan rings is 1. The van der Waals surface area contributed by atoms with Crippen molar-refractivity contribution in [2.24, 2.45) is 0 Å². The van der Waals surface area contributed by atoms with Crippen LogP contribution in [0.3, 0.4) is 0 Å². The Balaban J connectivity index is 1.41. The first-order valence-corrected chi connectivity index (χ1v) is 9.19. The van der Waals surface area contributed by atoms with E-state index in [2.05, 4.69) is 10.3 Å². The zero-order chi connectivity index (χ0) is 17.8. The van der Waals surface area contributed by atoms with E-state index in [1.807, 2.05) is 66.7 Å². The minimum absolute atomic E-state index is 0.0618. The van der Waals surface area contributed by atoms with Gasteiger partial charge in [-0.25, -0.2) is 0 Å². The Labute approximate surface area is 155 Å². The second kappa shape index (κ2) is 7.45. The molecule has 2 aromatic heterocycles. The fourth-order valence-corrected chi connectivity index (χ4v) is 3.38. The molecule has 2 aromatic carbocycles. The van der Waals surface area contributed by atoms with Crippen LogP contribution in [0.1, 0.15) is 0 Å². The molecule has 5 heteroatoms. The maximum Gasteiger partial charge on any atom is 0.234 e. The fraction of sp³-hybridized carbons (Fsp3) is 0.0476. The first kappa shape index (κ1) is 16.4. The van der Waals surface area contributed by atoms with Gasteiger partial charge in [0.15, 0.2) is 5.09 Å². The first-order valence-electron chi connectivity index (χ1n) is 8.20. The Morgan fingerprint density at radius 1 is 0.962 bits per heavy atom. The zero-order valence-electron chi connectivity index (χ0n) is 13.9. The van der Waals surface area contributed by atoms with E-state index in [9.17, 15) is 4.79 Å². The Kier molecular flexibility index (Phi) is 4.71. The van der Waals surface area contributed by atoms with E-state index >= 15 is 0 Å². The molecule has 0 aliphatic carbocycles. The second-order valence-electron chi connectivity index (χ2n) is 5.72. The van der Waals surface area contributed by atoms with Crippen LogP contribution in [0.4, 0.5) is 5.69 Å². The number of nitrogens with zero attached hydrogens (tertiary/aromatic N) is 1. The highest BCUT2D eigenvalue weighted by Crippen LogP contribution is 2.28. The lowest BCUT2D eigenvalue weighted by atomic mass is 10.1. The van der Waals surface area contributed by atoms with Crippen LogP contribution < -0.4 is 5.32 Å². The van der Waals surface area contributed by atoms with Crippen molar-refractivity contribution in [2.75, 3.05) is 11.1 Å². The van der Waals surface area contributed by atoms with Crippen molar-refractivity contribution in [1.82, 2.24) is 4.98 Å². The number of hydrogen-bond donors (Lipinski definition) is 1. The molecule has 4 nitrogen and oxygen atoms in total. The number of fused-ring (bicyclic) bond motifs is 1. The van der Waals surface area contributed by atoms with Crippen molar-refractivity contribution in [1.29, 1.82) is 0 Å². The Morgan fingerprint density at radius 3 is 2.65 bits per heavy atom. The molecule has 0 fully saturated rings. The van der Waals surface area contributed by atoms with Gasteiger partial charge in [0.05, 0.1) is 5.75 Å². The molecule has 0 radical (unpaired) electrons. The number of benzene rings is 2. The fourth-order valence-electron chi connectivity index (χ4n) is 2.73. The van der Waals surface area contributed by atoms with E-state index in [1.165, 1.54) is 11.8 Å². The van der Waals surface area contributed by atoms with Crippen molar-refractivity contribution in [2.45, 2.75) is 5.09 Å². The highest BCUT2D eigenvalue weighted by atomic mass is 32.2.